The van der Waals surface area contributed by atoms with Gasteiger partial charge in [0.2, 0.25) is 15.0 Å². The minimum atomic E-state index is -3.77. The van der Waals surface area contributed by atoms with Crippen molar-refractivity contribution < 1.29 is 32.2 Å². The Balaban J connectivity index is 1.93. The fourth-order valence-electron chi connectivity index (χ4n) is 3.70. The summed E-state index contributed by atoms with van der Waals surface area (Å²) in [5.74, 6) is -1.24. The number of hydrogen-bond donors (Lipinski definition) is 0. The SMILES string of the molecule is COC(=O)C(c1ccc(-c2ncn(COCC[Si](C)(C)C)n2)cc1)c1nc(S(C)(=O)=O)ncc1C(OC)OC. The first-order chi connectivity index (χ1) is 18.4. The summed E-state index contributed by atoms with van der Waals surface area (Å²) in [5.41, 5.74) is 1.61. The molecule has 14 heteroatoms. The second-order valence-electron chi connectivity index (χ2n) is 10.1. The predicted octanol–water partition coefficient (Wildman–Crippen LogP) is 3.05. The minimum Gasteiger partial charge on any atom is -0.468 e. The minimum absolute atomic E-state index is 0.0941. The molecule has 1 unspecified atom stereocenters. The van der Waals surface area contributed by atoms with Crippen LogP contribution in [-0.4, -0.2) is 81.4 Å². The van der Waals surface area contributed by atoms with E-state index >= 15 is 0 Å². The maximum atomic E-state index is 13.0. The topological polar surface area (TPSA) is 145 Å². The van der Waals surface area contributed by atoms with Crippen LogP contribution in [0.1, 0.15) is 29.0 Å². The van der Waals surface area contributed by atoms with Crippen LogP contribution in [0.4, 0.5) is 0 Å². The number of carbonyl (C=O) groups excluding carboxylic acids is 1. The molecule has 212 valence electrons. The second kappa shape index (κ2) is 12.9. The smallest absolute Gasteiger partial charge is 0.319 e. The van der Waals surface area contributed by atoms with Gasteiger partial charge in [0.15, 0.2) is 12.1 Å². The van der Waals surface area contributed by atoms with E-state index < -0.39 is 41.2 Å². The Morgan fingerprint density at radius 1 is 1.05 bits per heavy atom. The third-order valence-corrected chi connectivity index (χ3v) is 8.37. The first kappa shape index (κ1) is 30.5. The molecule has 0 spiro atoms. The molecule has 0 amide bonds. The van der Waals surface area contributed by atoms with Crippen molar-refractivity contribution in [2.45, 2.75) is 49.8 Å². The molecule has 1 aromatic carbocycles. The fourth-order valence-corrected chi connectivity index (χ4v) is 4.97. The summed E-state index contributed by atoms with van der Waals surface area (Å²) < 4.78 is 47.5. The summed E-state index contributed by atoms with van der Waals surface area (Å²) in [6.45, 7) is 7.86. The fraction of sp³-hybridized carbons (Fsp3) is 0.480. The zero-order chi connectivity index (χ0) is 28.8. The number of ether oxygens (including phenoxy) is 4. The Morgan fingerprint density at radius 3 is 2.28 bits per heavy atom. The molecule has 0 N–H and O–H groups in total. The van der Waals surface area contributed by atoms with Crippen LogP contribution < -0.4 is 0 Å². The molecule has 0 saturated heterocycles. The average molecular weight is 578 g/mol. The Kier molecular flexibility index (Phi) is 10.1. The summed E-state index contributed by atoms with van der Waals surface area (Å²) in [5, 5.41) is 4.05. The van der Waals surface area contributed by atoms with Gasteiger partial charge in [-0.25, -0.2) is 28.1 Å². The number of methoxy groups -OCH3 is 3. The summed E-state index contributed by atoms with van der Waals surface area (Å²) in [4.78, 5) is 25.6. The molecule has 0 aliphatic carbocycles. The zero-order valence-electron chi connectivity index (χ0n) is 23.2. The molecule has 2 heterocycles. The molecular formula is C25H35N5O7SSi. The van der Waals surface area contributed by atoms with Gasteiger partial charge in [-0.3, -0.25) is 4.79 Å². The van der Waals surface area contributed by atoms with Crippen molar-refractivity contribution >= 4 is 23.9 Å². The molecule has 39 heavy (non-hydrogen) atoms. The molecule has 1 atom stereocenters. The van der Waals surface area contributed by atoms with E-state index in [1.54, 1.807) is 35.3 Å². The zero-order valence-corrected chi connectivity index (χ0v) is 25.1. The van der Waals surface area contributed by atoms with Crippen LogP contribution in [0.5, 0.6) is 0 Å². The van der Waals surface area contributed by atoms with Crippen molar-refractivity contribution in [3.05, 3.63) is 53.6 Å². The summed E-state index contributed by atoms with van der Waals surface area (Å²) in [6.07, 6.45) is 2.93. The van der Waals surface area contributed by atoms with E-state index in [9.17, 15) is 13.2 Å². The van der Waals surface area contributed by atoms with Gasteiger partial charge in [-0.1, -0.05) is 43.9 Å². The predicted molar refractivity (Wildman–Crippen MR) is 145 cm³/mol. The van der Waals surface area contributed by atoms with E-state index in [0.29, 0.717) is 30.3 Å². The van der Waals surface area contributed by atoms with Gasteiger partial charge in [-0.15, -0.1) is 5.10 Å². The lowest BCUT2D eigenvalue weighted by molar-refractivity contribution is -0.141. The number of nitrogens with zero attached hydrogens (tertiary/aromatic N) is 5. The highest BCUT2D eigenvalue weighted by atomic mass is 32.2. The normalized spacial score (nSPS) is 13.0. The quantitative estimate of drug-likeness (QED) is 0.0971. The molecule has 12 nitrogen and oxygen atoms in total. The van der Waals surface area contributed by atoms with E-state index in [4.69, 9.17) is 18.9 Å². The van der Waals surface area contributed by atoms with E-state index in [1.807, 2.05) is 0 Å². The maximum absolute atomic E-state index is 13.0. The summed E-state index contributed by atoms with van der Waals surface area (Å²) in [6, 6.07) is 8.01. The largest absolute Gasteiger partial charge is 0.468 e. The molecular weight excluding hydrogens is 542 g/mol. The third-order valence-electron chi connectivity index (χ3n) is 5.81. The van der Waals surface area contributed by atoms with E-state index in [0.717, 1.165) is 17.9 Å². The van der Waals surface area contributed by atoms with Crippen LogP contribution >= 0.6 is 0 Å². The van der Waals surface area contributed by atoms with Gasteiger partial charge < -0.3 is 18.9 Å². The van der Waals surface area contributed by atoms with Gasteiger partial charge in [0, 0.05) is 52.5 Å². The summed E-state index contributed by atoms with van der Waals surface area (Å²) >= 11 is 0. The van der Waals surface area contributed by atoms with Crippen LogP contribution in [0.25, 0.3) is 11.4 Å². The van der Waals surface area contributed by atoms with Gasteiger partial charge in [-0.2, -0.15) is 0 Å². The monoisotopic (exact) mass is 577 g/mol. The van der Waals surface area contributed by atoms with Gasteiger partial charge >= 0.3 is 5.97 Å². The number of benzene rings is 1. The highest BCUT2D eigenvalue weighted by Crippen LogP contribution is 2.33. The van der Waals surface area contributed by atoms with Crippen LogP contribution in [0.2, 0.25) is 25.7 Å². The Bertz CT molecular complexity index is 1370. The van der Waals surface area contributed by atoms with Crippen molar-refractivity contribution in [2.75, 3.05) is 34.2 Å². The lowest BCUT2D eigenvalue weighted by Gasteiger charge is -2.22. The lowest BCUT2D eigenvalue weighted by atomic mass is 9.92. The number of sulfone groups is 1. The van der Waals surface area contributed by atoms with Gasteiger partial charge in [0.1, 0.15) is 19.0 Å². The molecule has 0 saturated carbocycles. The maximum Gasteiger partial charge on any atom is 0.319 e. The van der Waals surface area contributed by atoms with Gasteiger partial charge in [-0.05, 0) is 11.6 Å². The highest BCUT2D eigenvalue weighted by Gasteiger charge is 2.32. The first-order valence-corrected chi connectivity index (χ1v) is 17.8. The Morgan fingerprint density at radius 2 is 1.72 bits per heavy atom. The van der Waals surface area contributed by atoms with Crippen molar-refractivity contribution in [1.29, 1.82) is 0 Å². The standard InChI is InChI=1S/C25H35N5O7SSi/c1-34-23(31)20(21-19(24(35-2)36-3)14-26-25(28-21)38(4,32)33)17-8-10-18(11-9-17)22-27-15-30(29-22)16-37-12-13-39(5,6)7/h8-11,14-15,20,24H,12-13,16H2,1-7H3. The Hall–Kier alpha value is -3.04. The second-order valence-corrected chi connectivity index (χ2v) is 17.6. The molecule has 3 rings (SSSR count). The third kappa shape index (κ3) is 7.98. The summed E-state index contributed by atoms with van der Waals surface area (Å²) in [7, 11) is -0.879. The van der Waals surface area contributed by atoms with Crippen LogP contribution in [0.3, 0.4) is 0 Å². The van der Waals surface area contributed by atoms with Gasteiger partial charge in [0.25, 0.3) is 0 Å². The molecule has 0 bridgehead atoms. The van der Waals surface area contributed by atoms with Crippen LogP contribution in [-0.2, 0) is 40.3 Å². The number of rotatable bonds is 13. The van der Waals surface area contributed by atoms with Crippen molar-refractivity contribution in [3.8, 4) is 11.4 Å². The molecule has 0 fully saturated rings. The number of esters is 1. The molecule has 2 aromatic heterocycles. The van der Waals surface area contributed by atoms with Crippen molar-refractivity contribution in [3.63, 3.8) is 0 Å². The molecule has 0 aliphatic rings. The van der Waals surface area contributed by atoms with Crippen LogP contribution in [0, 0.1) is 0 Å². The number of hydrogen-bond acceptors (Lipinski definition) is 11. The number of carbonyl (C=O) groups is 1. The Labute approximate surface area is 229 Å². The molecule has 0 aliphatic heterocycles. The average Bonchev–Trinajstić information content (AvgIpc) is 3.36. The molecule has 3 aromatic rings. The van der Waals surface area contributed by atoms with Crippen molar-refractivity contribution in [1.82, 2.24) is 24.7 Å². The molecule has 0 radical (unpaired) electrons. The first-order valence-electron chi connectivity index (χ1n) is 12.2. The lowest BCUT2D eigenvalue weighted by Crippen LogP contribution is -2.22. The van der Waals surface area contributed by atoms with Crippen LogP contribution in [0.15, 0.2) is 41.9 Å². The van der Waals surface area contributed by atoms with Crippen molar-refractivity contribution in [2.24, 2.45) is 0 Å². The highest BCUT2D eigenvalue weighted by molar-refractivity contribution is 7.90. The van der Waals surface area contributed by atoms with Gasteiger partial charge in [0.05, 0.1) is 12.8 Å². The number of aromatic nitrogens is 5. The van der Waals surface area contributed by atoms with E-state index in [2.05, 4.69) is 39.7 Å². The van der Waals surface area contributed by atoms with E-state index in [1.165, 1.54) is 27.5 Å². The van der Waals surface area contributed by atoms with E-state index in [-0.39, 0.29) is 5.69 Å².